The molecule has 0 aliphatic rings. The molecule has 1 N–H and O–H groups in total. The maximum Gasteiger partial charge on any atom is 0.253 e. The molecule has 1 aromatic rings. The van der Waals surface area contributed by atoms with E-state index < -0.39 is 0 Å². The second-order valence-electron chi connectivity index (χ2n) is 3.71. The zero-order chi connectivity index (χ0) is 11.3. The van der Waals surface area contributed by atoms with Crippen LogP contribution < -0.4 is 5.32 Å². The lowest BCUT2D eigenvalue weighted by molar-refractivity contribution is 0.0827. The summed E-state index contributed by atoms with van der Waals surface area (Å²) in [7, 11) is 3.52. The molecular weight excluding hydrogens is 188 g/mol. The SMILES string of the molecule is CCCNc1cccc(C(=O)N(C)C)c1. The number of nitrogens with zero attached hydrogens (tertiary/aromatic N) is 1. The molecule has 0 spiro atoms. The molecule has 82 valence electrons. The van der Waals surface area contributed by atoms with Crippen molar-refractivity contribution in [2.24, 2.45) is 0 Å². The third kappa shape index (κ3) is 3.27. The van der Waals surface area contributed by atoms with Gasteiger partial charge in [0.15, 0.2) is 0 Å². The summed E-state index contributed by atoms with van der Waals surface area (Å²) in [5.74, 6) is 0.0372. The van der Waals surface area contributed by atoms with Gasteiger partial charge in [0.25, 0.3) is 5.91 Å². The highest BCUT2D eigenvalue weighted by molar-refractivity contribution is 5.94. The van der Waals surface area contributed by atoms with E-state index in [0.29, 0.717) is 0 Å². The standard InChI is InChI=1S/C12H18N2O/c1-4-8-13-11-7-5-6-10(9-11)12(15)14(2)3/h5-7,9,13H,4,8H2,1-3H3. The van der Waals surface area contributed by atoms with E-state index in [-0.39, 0.29) is 5.91 Å². The van der Waals surface area contributed by atoms with Crippen molar-refractivity contribution in [2.45, 2.75) is 13.3 Å². The minimum Gasteiger partial charge on any atom is -0.385 e. The highest BCUT2D eigenvalue weighted by Gasteiger charge is 2.07. The van der Waals surface area contributed by atoms with Gasteiger partial charge in [-0.25, -0.2) is 0 Å². The Bertz CT molecular complexity index is 334. The van der Waals surface area contributed by atoms with E-state index >= 15 is 0 Å². The van der Waals surface area contributed by atoms with Gasteiger partial charge in [-0.15, -0.1) is 0 Å². The van der Waals surface area contributed by atoms with Crippen LogP contribution in [-0.2, 0) is 0 Å². The summed E-state index contributed by atoms with van der Waals surface area (Å²) in [6, 6.07) is 7.59. The fourth-order valence-electron chi connectivity index (χ4n) is 1.29. The van der Waals surface area contributed by atoms with Crippen molar-refractivity contribution < 1.29 is 4.79 Å². The van der Waals surface area contributed by atoms with E-state index in [1.165, 1.54) is 0 Å². The molecule has 0 saturated heterocycles. The van der Waals surface area contributed by atoms with E-state index in [0.717, 1.165) is 24.2 Å². The summed E-state index contributed by atoms with van der Waals surface area (Å²) in [5, 5.41) is 3.26. The third-order valence-electron chi connectivity index (χ3n) is 2.09. The summed E-state index contributed by atoms with van der Waals surface area (Å²) in [5.41, 5.74) is 1.73. The van der Waals surface area contributed by atoms with Crippen molar-refractivity contribution in [3.8, 4) is 0 Å². The first-order valence-electron chi connectivity index (χ1n) is 5.20. The molecule has 15 heavy (non-hydrogen) atoms. The van der Waals surface area contributed by atoms with E-state index in [1.54, 1.807) is 19.0 Å². The Morgan fingerprint density at radius 1 is 1.40 bits per heavy atom. The molecule has 0 unspecified atom stereocenters. The van der Waals surface area contributed by atoms with Gasteiger partial charge in [0, 0.05) is 31.9 Å². The molecule has 0 bridgehead atoms. The summed E-state index contributed by atoms with van der Waals surface area (Å²) in [6.07, 6.45) is 1.08. The van der Waals surface area contributed by atoms with Crippen molar-refractivity contribution in [1.82, 2.24) is 4.90 Å². The van der Waals surface area contributed by atoms with Gasteiger partial charge in [0.05, 0.1) is 0 Å². The molecule has 3 nitrogen and oxygen atoms in total. The van der Waals surface area contributed by atoms with E-state index in [9.17, 15) is 4.79 Å². The van der Waals surface area contributed by atoms with Gasteiger partial charge in [-0.1, -0.05) is 13.0 Å². The number of hydrogen-bond acceptors (Lipinski definition) is 2. The van der Waals surface area contributed by atoms with Gasteiger partial charge >= 0.3 is 0 Å². The van der Waals surface area contributed by atoms with Crippen molar-refractivity contribution in [2.75, 3.05) is 26.0 Å². The van der Waals surface area contributed by atoms with E-state index in [1.807, 2.05) is 24.3 Å². The fourth-order valence-corrected chi connectivity index (χ4v) is 1.29. The summed E-state index contributed by atoms with van der Waals surface area (Å²) < 4.78 is 0. The molecule has 0 saturated carbocycles. The lowest BCUT2D eigenvalue weighted by Gasteiger charge is -2.11. The minimum atomic E-state index is 0.0372. The number of carbonyl (C=O) groups is 1. The molecular formula is C12H18N2O. The van der Waals surface area contributed by atoms with Crippen LogP contribution in [0.2, 0.25) is 0 Å². The van der Waals surface area contributed by atoms with Crippen LogP contribution in [0.4, 0.5) is 5.69 Å². The van der Waals surface area contributed by atoms with Crippen LogP contribution in [0.25, 0.3) is 0 Å². The molecule has 1 rings (SSSR count). The van der Waals surface area contributed by atoms with Crippen LogP contribution in [0.15, 0.2) is 24.3 Å². The summed E-state index contributed by atoms with van der Waals surface area (Å²) >= 11 is 0. The second-order valence-corrected chi connectivity index (χ2v) is 3.71. The second kappa shape index (κ2) is 5.39. The zero-order valence-corrected chi connectivity index (χ0v) is 9.58. The fraction of sp³-hybridized carbons (Fsp3) is 0.417. The highest BCUT2D eigenvalue weighted by atomic mass is 16.2. The first-order valence-corrected chi connectivity index (χ1v) is 5.20. The number of carbonyl (C=O) groups excluding carboxylic acids is 1. The van der Waals surface area contributed by atoms with Gasteiger partial charge in [-0.05, 0) is 24.6 Å². The van der Waals surface area contributed by atoms with Crippen molar-refractivity contribution >= 4 is 11.6 Å². The van der Waals surface area contributed by atoms with E-state index in [2.05, 4.69) is 12.2 Å². The smallest absolute Gasteiger partial charge is 0.253 e. The van der Waals surface area contributed by atoms with Crippen LogP contribution in [0.3, 0.4) is 0 Å². The first kappa shape index (κ1) is 11.6. The molecule has 0 aliphatic carbocycles. The Hall–Kier alpha value is -1.51. The number of amides is 1. The Morgan fingerprint density at radius 3 is 2.73 bits per heavy atom. The van der Waals surface area contributed by atoms with Crippen LogP contribution in [0.1, 0.15) is 23.7 Å². The Morgan fingerprint density at radius 2 is 2.13 bits per heavy atom. The Labute approximate surface area is 91.1 Å². The van der Waals surface area contributed by atoms with Crippen LogP contribution in [-0.4, -0.2) is 31.4 Å². The largest absolute Gasteiger partial charge is 0.385 e. The quantitative estimate of drug-likeness (QED) is 0.819. The monoisotopic (exact) mass is 206 g/mol. The summed E-state index contributed by atoms with van der Waals surface area (Å²) in [4.78, 5) is 13.3. The average Bonchev–Trinajstić information content (AvgIpc) is 2.25. The molecule has 0 fully saturated rings. The van der Waals surface area contributed by atoms with Gasteiger partial charge in [0.1, 0.15) is 0 Å². The number of rotatable bonds is 4. The predicted octanol–water partition coefficient (Wildman–Crippen LogP) is 2.21. The van der Waals surface area contributed by atoms with Crippen molar-refractivity contribution in [1.29, 1.82) is 0 Å². The molecule has 1 amide bonds. The van der Waals surface area contributed by atoms with Gasteiger partial charge in [0.2, 0.25) is 0 Å². The molecule has 0 aliphatic heterocycles. The number of benzene rings is 1. The van der Waals surface area contributed by atoms with Gasteiger partial charge in [-0.2, -0.15) is 0 Å². The topological polar surface area (TPSA) is 32.3 Å². The average molecular weight is 206 g/mol. The number of hydrogen-bond donors (Lipinski definition) is 1. The van der Waals surface area contributed by atoms with Crippen LogP contribution in [0.5, 0.6) is 0 Å². The van der Waals surface area contributed by atoms with E-state index in [4.69, 9.17) is 0 Å². The first-order chi connectivity index (χ1) is 7.15. The number of anilines is 1. The molecule has 3 heteroatoms. The zero-order valence-electron chi connectivity index (χ0n) is 9.58. The maximum atomic E-state index is 11.7. The van der Waals surface area contributed by atoms with Crippen LogP contribution >= 0.6 is 0 Å². The highest BCUT2D eigenvalue weighted by Crippen LogP contribution is 2.11. The van der Waals surface area contributed by atoms with Crippen LogP contribution in [0, 0.1) is 0 Å². The molecule has 0 radical (unpaired) electrons. The predicted molar refractivity (Wildman–Crippen MR) is 63.2 cm³/mol. The number of nitrogens with one attached hydrogen (secondary N) is 1. The van der Waals surface area contributed by atoms with Gasteiger partial charge in [-0.3, -0.25) is 4.79 Å². The Kier molecular flexibility index (Phi) is 4.16. The lowest BCUT2D eigenvalue weighted by Crippen LogP contribution is -2.21. The van der Waals surface area contributed by atoms with Gasteiger partial charge < -0.3 is 10.2 Å². The normalized spacial score (nSPS) is 9.80. The molecule has 0 atom stereocenters. The molecule has 1 aromatic carbocycles. The summed E-state index contributed by atoms with van der Waals surface area (Å²) in [6.45, 7) is 3.04. The third-order valence-corrected chi connectivity index (χ3v) is 2.09. The van der Waals surface area contributed by atoms with Crippen molar-refractivity contribution in [3.05, 3.63) is 29.8 Å². The maximum absolute atomic E-state index is 11.7. The Balaban J connectivity index is 2.78. The minimum absolute atomic E-state index is 0.0372. The molecule has 0 heterocycles. The molecule has 0 aromatic heterocycles. The van der Waals surface area contributed by atoms with Crippen molar-refractivity contribution in [3.63, 3.8) is 0 Å². The lowest BCUT2D eigenvalue weighted by atomic mass is 10.2.